The van der Waals surface area contributed by atoms with Crippen LogP contribution in [0.4, 0.5) is 0 Å². The third-order valence-electron chi connectivity index (χ3n) is 21.2. The summed E-state index contributed by atoms with van der Waals surface area (Å²) in [6, 6.07) is -17.3. The van der Waals surface area contributed by atoms with Gasteiger partial charge in [0.25, 0.3) is 0 Å². The average Bonchev–Trinajstić information content (AvgIpc) is 0.857. The molecule has 0 heterocycles. The van der Waals surface area contributed by atoms with Crippen LogP contribution in [0, 0.1) is 53.3 Å². The maximum atomic E-state index is 14.7. The maximum absolute atomic E-state index is 14.7. The third-order valence-corrected chi connectivity index (χ3v) is 21.2. The molecule has 0 unspecified atom stereocenters. The molecule has 37 nitrogen and oxygen atoms in total. The normalized spacial score (nSPS) is 15.3. The third kappa shape index (κ3) is 52.9. The number of nitrogens with one attached hydrogen (secondary N) is 14. The molecule has 15 atom stereocenters. The number of rotatable bonds is 71. The zero-order chi connectivity index (χ0) is 96.8. The fraction of sp³-hybridized carbons (Fsp3) is 0.833. The standard InChI is InChI=1S/C90H173N21O16/c1-52(2)43-62(97)77(113)100-64(33-20-26-38-92)81(117)106-73(49-58(13)14)88(124)109-69(45-54(5)6)84(120)102-65(34-21-27-39-93)79(115)101-66(35-22-28-40-94)82(118)107-71(47-56(9)10)86(122)104-68(44-53(3)4)78(114)98-42-30-24-31-61(96)76(112)99-63(32-19-25-37-91)80(116)105-72(48-57(11)12)87(123)110-70(46-55(7)8)85(121)103-67(36-23-29-41-95)83(119)108-74(50-59(15)16)89(125)111-75(90(126)127)51-60(17)18/h52-75H,19-51,91-97H2,1-18H3,(H,98,114)(H,99,112)(H,100,113)(H,101,115)(H,102,120)(H,103,121)(H,104,122)(H,105,116)(H,106,117)(H,107,118)(H,108,119)(H,109,124)(H,110,123)(H,111,125)(H,126,127)/t61-,62-,63-,64-,65-,66-,67-,68-,69-,70-,71-,72-,73-,74-,75-/m0/s1. The maximum Gasteiger partial charge on any atom is 0.326 e. The SMILES string of the molecule is CC(C)C[C@H](NC(=O)[C@H](CC(C)C)NC(=O)[C@H](CCCCN)NC(=O)[C@H](CC(C)C)NC(=O)[C@H](CC(C)C)NC(=O)[C@H](CCCCN)NC(=O)[C@@H](N)CCCCNC(=O)[C@H](CC(C)C)NC(=O)[C@H](CC(C)C)NC(=O)[C@H](CCCCN)NC(=O)[C@H](CCCCN)NC(=O)[C@H](CC(C)C)NC(=O)[C@H](CC(C)C)NC(=O)[C@H](CCCCN)NC(=O)[C@@H](N)CC(C)C)C(=O)O. The summed E-state index contributed by atoms with van der Waals surface area (Å²) in [5, 5.41) is 49.1. The second-order valence-electron chi connectivity index (χ2n) is 38.2. The highest BCUT2D eigenvalue weighted by Gasteiger charge is 2.39. The van der Waals surface area contributed by atoms with Crippen LogP contribution in [0.3, 0.4) is 0 Å². The van der Waals surface area contributed by atoms with E-state index in [1.165, 1.54) is 0 Å². The zero-order valence-electron chi connectivity index (χ0n) is 80.3. The van der Waals surface area contributed by atoms with E-state index in [1.54, 1.807) is 0 Å². The summed E-state index contributed by atoms with van der Waals surface area (Å²) in [7, 11) is 0. The zero-order valence-corrected chi connectivity index (χ0v) is 80.3. The van der Waals surface area contributed by atoms with Gasteiger partial charge >= 0.3 is 5.97 Å². The second kappa shape index (κ2) is 66.2. The van der Waals surface area contributed by atoms with Gasteiger partial charge in [-0.25, -0.2) is 4.79 Å². The average molecular weight is 1810 g/mol. The van der Waals surface area contributed by atoms with E-state index in [2.05, 4.69) is 74.4 Å². The number of unbranched alkanes of at least 4 members (excludes halogenated alkanes) is 6. The lowest BCUT2D eigenvalue weighted by molar-refractivity contribution is -0.143. The first-order chi connectivity index (χ1) is 59.6. The highest BCUT2D eigenvalue weighted by Crippen LogP contribution is 2.19. The Morgan fingerprint density at radius 1 is 0.197 bits per heavy atom. The number of carboxylic acid groups (broad SMARTS) is 1. The van der Waals surface area contributed by atoms with E-state index in [1.807, 2.05) is 125 Å². The van der Waals surface area contributed by atoms with Gasteiger partial charge in [0.1, 0.15) is 78.5 Å². The summed E-state index contributed by atoms with van der Waals surface area (Å²) < 4.78 is 0. The predicted molar refractivity (Wildman–Crippen MR) is 495 cm³/mol. The lowest BCUT2D eigenvalue weighted by atomic mass is 9.98. The van der Waals surface area contributed by atoms with Crippen LogP contribution in [0.25, 0.3) is 0 Å². The minimum atomic E-state index is -1.25. The quantitative estimate of drug-likeness (QED) is 0.0389. The van der Waals surface area contributed by atoms with Crippen LogP contribution >= 0.6 is 0 Å². The second-order valence-corrected chi connectivity index (χ2v) is 38.2. The lowest BCUT2D eigenvalue weighted by Gasteiger charge is -2.29. The number of nitrogens with two attached hydrogens (primary N) is 7. The van der Waals surface area contributed by atoms with Crippen molar-refractivity contribution in [3.8, 4) is 0 Å². The Morgan fingerprint density at radius 3 is 0.567 bits per heavy atom. The van der Waals surface area contributed by atoms with Crippen molar-refractivity contribution >= 4 is 88.7 Å². The fourth-order valence-electron chi connectivity index (χ4n) is 14.5. The van der Waals surface area contributed by atoms with Crippen molar-refractivity contribution in [2.24, 2.45) is 93.4 Å². The first-order valence-electron chi connectivity index (χ1n) is 47.1. The molecule has 0 spiro atoms. The highest BCUT2D eigenvalue weighted by atomic mass is 16.4. The molecule has 0 saturated heterocycles. The molecular weight excluding hydrogens is 1630 g/mol. The molecule has 0 aliphatic heterocycles. The molecule has 0 saturated carbocycles. The van der Waals surface area contributed by atoms with E-state index < -0.39 is 179 Å². The van der Waals surface area contributed by atoms with Crippen LogP contribution in [0.2, 0.25) is 0 Å². The van der Waals surface area contributed by atoms with Crippen LogP contribution in [-0.4, -0.2) is 224 Å². The van der Waals surface area contributed by atoms with Crippen molar-refractivity contribution in [1.29, 1.82) is 0 Å². The van der Waals surface area contributed by atoms with Gasteiger partial charge in [-0.05, 0) is 259 Å². The minimum absolute atomic E-state index is 0.0652. The fourth-order valence-corrected chi connectivity index (χ4v) is 14.5. The molecular formula is C90H173N21O16. The van der Waals surface area contributed by atoms with Gasteiger partial charge in [0.05, 0.1) is 12.1 Å². The summed E-state index contributed by atoms with van der Waals surface area (Å²) in [5.74, 6) is -11.4. The van der Waals surface area contributed by atoms with Crippen LogP contribution in [0.15, 0.2) is 0 Å². The van der Waals surface area contributed by atoms with Crippen molar-refractivity contribution in [3.05, 3.63) is 0 Å². The molecule has 0 rings (SSSR count). The molecule has 0 aromatic heterocycles. The smallest absolute Gasteiger partial charge is 0.326 e. The molecule has 0 aliphatic rings. The molecule has 0 aromatic carbocycles. The van der Waals surface area contributed by atoms with Gasteiger partial charge in [0, 0.05) is 6.54 Å². The Balaban J connectivity index is 6.74. The van der Waals surface area contributed by atoms with Crippen molar-refractivity contribution in [1.82, 2.24) is 74.4 Å². The topological polar surface area (TPSA) is 627 Å². The first kappa shape index (κ1) is 119. The Hall–Kier alpha value is -8.23. The summed E-state index contributed by atoms with van der Waals surface area (Å²) >= 11 is 0. The molecule has 14 amide bonds. The van der Waals surface area contributed by atoms with Gasteiger partial charge < -0.3 is 120 Å². The van der Waals surface area contributed by atoms with Crippen molar-refractivity contribution < 1.29 is 77.0 Å². The molecule has 127 heavy (non-hydrogen) atoms. The van der Waals surface area contributed by atoms with Crippen LogP contribution in [0.5, 0.6) is 0 Å². The first-order valence-corrected chi connectivity index (χ1v) is 47.1. The van der Waals surface area contributed by atoms with Crippen LogP contribution in [0.1, 0.15) is 298 Å². The molecule has 29 N–H and O–H groups in total. The number of hydrogen-bond donors (Lipinski definition) is 22. The lowest BCUT2D eigenvalue weighted by Crippen LogP contribution is -2.60. The Labute approximate surface area is 758 Å². The van der Waals surface area contributed by atoms with E-state index >= 15 is 0 Å². The molecule has 0 aliphatic carbocycles. The van der Waals surface area contributed by atoms with Gasteiger partial charge in [-0.2, -0.15) is 0 Å². The number of aliphatic carboxylic acids is 1. The molecule has 37 heteroatoms. The van der Waals surface area contributed by atoms with Crippen molar-refractivity contribution in [3.63, 3.8) is 0 Å². The molecule has 0 bridgehead atoms. The van der Waals surface area contributed by atoms with Gasteiger partial charge in [-0.1, -0.05) is 125 Å². The van der Waals surface area contributed by atoms with Crippen molar-refractivity contribution in [2.75, 3.05) is 39.3 Å². The predicted octanol–water partition coefficient (Wildman–Crippen LogP) is 2.37. The summed E-state index contributed by atoms with van der Waals surface area (Å²) in [5.41, 5.74) is 42.0. The van der Waals surface area contributed by atoms with Gasteiger partial charge in [-0.3, -0.25) is 67.1 Å². The van der Waals surface area contributed by atoms with Crippen molar-refractivity contribution in [2.45, 2.75) is 389 Å². The minimum Gasteiger partial charge on any atom is -0.480 e. The number of amides is 14. The molecule has 0 radical (unpaired) electrons. The van der Waals surface area contributed by atoms with E-state index in [9.17, 15) is 77.0 Å². The Bertz CT molecular complexity index is 3290. The van der Waals surface area contributed by atoms with Gasteiger partial charge in [-0.15, -0.1) is 0 Å². The monoisotopic (exact) mass is 1800 g/mol. The Morgan fingerprint density at radius 2 is 0.362 bits per heavy atom. The number of carboxylic acids is 1. The van der Waals surface area contributed by atoms with E-state index in [-0.39, 0.29) is 169 Å². The molecule has 0 aromatic rings. The number of carbonyl (C=O) groups is 15. The van der Waals surface area contributed by atoms with Gasteiger partial charge in [0.15, 0.2) is 0 Å². The molecule has 0 fully saturated rings. The summed E-state index contributed by atoms with van der Waals surface area (Å²) in [6.07, 6.45) is 7.51. The number of carbonyl (C=O) groups excluding carboxylic acids is 14. The highest BCUT2D eigenvalue weighted by molar-refractivity contribution is 6.00. The van der Waals surface area contributed by atoms with E-state index in [4.69, 9.17) is 40.1 Å². The summed E-state index contributed by atoms with van der Waals surface area (Å²) in [6.45, 7) is 35.0. The molecule has 734 valence electrons. The summed E-state index contributed by atoms with van der Waals surface area (Å²) in [4.78, 5) is 212. The van der Waals surface area contributed by atoms with E-state index in [0.717, 1.165) is 0 Å². The van der Waals surface area contributed by atoms with E-state index in [0.29, 0.717) is 96.6 Å². The van der Waals surface area contributed by atoms with Gasteiger partial charge in [0.2, 0.25) is 82.7 Å². The largest absolute Gasteiger partial charge is 0.480 e. The number of hydrogen-bond acceptors (Lipinski definition) is 22. The Kier molecular flexibility index (Phi) is 61.9. The van der Waals surface area contributed by atoms with Crippen LogP contribution in [-0.2, 0) is 71.9 Å². The van der Waals surface area contributed by atoms with Crippen LogP contribution < -0.4 is 115 Å².